The van der Waals surface area contributed by atoms with Crippen LogP contribution in [0.3, 0.4) is 0 Å². The van der Waals surface area contributed by atoms with E-state index in [0.717, 1.165) is 49.0 Å². The zero-order valence-electron chi connectivity index (χ0n) is 17.0. The Labute approximate surface area is 167 Å². The molecule has 0 atom stereocenters. The van der Waals surface area contributed by atoms with Gasteiger partial charge in [-0.05, 0) is 62.1 Å². The first-order chi connectivity index (χ1) is 13.7. The van der Waals surface area contributed by atoms with E-state index in [1.807, 2.05) is 38.1 Å². The van der Waals surface area contributed by atoms with Crippen molar-refractivity contribution in [2.24, 2.45) is 4.99 Å². The fourth-order valence-electron chi connectivity index (χ4n) is 2.76. The molecule has 0 saturated carbocycles. The van der Waals surface area contributed by atoms with Crippen LogP contribution >= 0.6 is 0 Å². The standard InChI is InChI=1S/C22H31N3O3/c1-4-23-22(25-16-18-8-11-19(26)12-9-18)24-14-6-7-17-10-13-20(27-3)21(15-17)28-5-2/h8-13,15,26H,4-7,14,16H2,1-3H3,(H2,23,24,25). The van der Waals surface area contributed by atoms with E-state index in [9.17, 15) is 5.11 Å². The summed E-state index contributed by atoms with van der Waals surface area (Å²) in [6.07, 6.45) is 1.91. The summed E-state index contributed by atoms with van der Waals surface area (Å²) in [5.74, 6) is 2.61. The number of ether oxygens (including phenoxy) is 2. The molecule has 6 heteroatoms. The minimum Gasteiger partial charge on any atom is -0.508 e. The molecule has 2 rings (SSSR count). The Morgan fingerprint density at radius 1 is 1.00 bits per heavy atom. The SMILES string of the molecule is CCNC(=NCc1ccc(O)cc1)NCCCc1ccc(OC)c(OCC)c1. The third-order valence-corrected chi connectivity index (χ3v) is 4.16. The van der Waals surface area contributed by atoms with Gasteiger partial charge in [0.25, 0.3) is 0 Å². The second kappa shape index (κ2) is 11.7. The van der Waals surface area contributed by atoms with E-state index < -0.39 is 0 Å². The molecule has 2 aromatic rings. The molecule has 28 heavy (non-hydrogen) atoms. The zero-order valence-corrected chi connectivity index (χ0v) is 17.0. The Morgan fingerprint density at radius 3 is 2.43 bits per heavy atom. The third-order valence-electron chi connectivity index (χ3n) is 4.16. The van der Waals surface area contributed by atoms with Crippen LogP contribution in [0.15, 0.2) is 47.5 Å². The molecular weight excluding hydrogens is 354 g/mol. The molecule has 0 aliphatic rings. The van der Waals surface area contributed by atoms with Gasteiger partial charge in [-0.1, -0.05) is 18.2 Å². The molecular formula is C22H31N3O3. The van der Waals surface area contributed by atoms with Crippen molar-refractivity contribution in [1.82, 2.24) is 10.6 Å². The van der Waals surface area contributed by atoms with Gasteiger partial charge in [0.1, 0.15) is 5.75 Å². The maximum Gasteiger partial charge on any atom is 0.191 e. The quantitative estimate of drug-likeness (QED) is 0.332. The van der Waals surface area contributed by atoms with Crippen LogP contribution in [0.5, 0.6) is 17.2 Å². The highest BCUT2D eigenvalue weighted by atomic mass is 16.5. The maximum absolute atomic E-state index is 9.36. The third kappa shape index (κ3) is 7.02. The normalized spacial score (nSPS) is 11.2. The predicted octanol–water partition coefficient (Wildman–Crippen LogP) is 3.49. The largest absolute Gasteiger partial charge is 0.508 e. The molecule has 6 nitrogen and oxygen atoms in total. The maximum atomic E-state index is 9.36. The average molecular weight is 386 g/mol. The fraction of sp³-hybridized carbons (Fsp3) is 0.409. The lowest BCUT2D eigenvalue weighted by atomic mass is 10.1. The van der Waals surface area contributed by atoms with Crippen molar-refractivity contribution in [3.05, 3.63) is 53.6 Å². The van der Waals surface area contributed by atoms with Gasteiger partial charge in [0.2, 0.25) is 0 Å². The molecule has 0 aliphatic heterocycles. The van der Waals surface area contributed by atoms with Crippen molar-refractivity contribution in [2.45, 2.75) is 33.2 Å². The first kappa shape index (κ1) is 21.4. The van der Waals surface area contributed by atoms with Gasteiger partial charge in [-0.25, -0.2) is 4.99 Å². The molecule has 0 unspecified atom stereocenters. The number of hydrogen-bond donors (Lipinski definition) is 3. The second-order valence-corrected chi connectivity index (χ2v) is 6.31. The topological polar surface area (TPSA) is 75.1 Å². The van der Waals surface area contributed by atoms with Crippen LogP contribution in [0.1, 0.15) is 31.4 Å². The number of phenolic OH excluding ortho intramolecular Hbond substituents is 1. The van der Waals surface area contributed by atoms with Gasteiger partial charge in [0.15, 0.2) is 17.5 Å². The summed E-state index contributed by atoms with van der Waals surface area (Å²) in [7, 11) is 1.65. The number of hydrogen-bond acceptors (Lipinski definition) is 4. The summed E-state index contributed by atoms with van der Waals surface area (Å²) >= 11 is 0. The van der Waals surface area contributed by atoms with Gasteiger partial charge in [-0.2, -0.15) is 0 Å². The van der Waals surface area contributed by atoms with Crippen molar-refractivity contribution in [2.75, 3.05) is 26.8 Å². The Morgan fingerprint density at radius 2 is 1.75 bits per heavy atom. The predicted molar refractivity (Wildman–Crippen MR) is 113 cm³/mol. The Balaban J connectivity index is 1.84. The molecule has 0 heterocycles. The van der Waals surface area contributed by atoms with Crippen molar-refractivity contribution in [1.29, 1.82) is 0 Å². The van der Waals surface area contributed by atoms with Crippen molar-refractivity contribution >= 4 is 5.96 Å². The van der Waals surface area contributed by atoms with E-state index in [4.69, 9.17) is 9.47 Å². The lowest BCUT2D eigenvalue weighted by molar-refractivity contribution is 0.310. The lowest BCUT2D eigenvalue weighted by Crippen LogP contribution is -2.37. The monoisotopic (exact) mass is 385 g/mol. The van der Waals surface area contributed by atoms with E-state index in [1.54, 1.807) is 19.2 Å². The van der Waals surface area contributed by atoms with Crippen molar-refractivity contribution in [3.8, 4) is 17.2 Å². The molecule has 3 N–H and O–H groups in total. The number of aliphatic imine (C=N–C) groups is 1. The minimum atomic E-state index is 0.267. The van der Waals surface area contributed by atoms with Crippen LogP contribution in [0.2, 0.25) is 0 Å². The minimum absolute atomic E-state index is 0.267. The number of phenols is 1. The van der Waals surface area contributed by atoms with Gasteiger partial charge in [0, 0.05) is 13.1 Å². The first-order valence-corrected chi connectivity index (χ1v) is 9.76. The fourth-order valence-corrected chi connectivity index (χ4v) is 2.76. The molecule has 0 aromatic heterocycles. The zero-order chi connectivity index (χ0) is 20.2. The van der Waals surface area contributed by atoms with E-state index >= 15 is 0 Å². The van der Waals surface area contributed by atoms with Gasteiger partial charge in [-0.15, -0.1) is 0 Å². The number of methoxy groups -OCH3 is 1. The summed E-state index contributed by atoms with van der Waals surface area (Å²) in [5, 5.41) is 16.0. The first-order valence-electron chi connectivity index (χ1n) is 9.76. The molecule has 152 valence electrons. The number of aryl methyl sites for hydroxylation is 1. The summed E-state index contributed by atoms with van der Waals surface area (Å²) in [5.41, 5.74) is 2.27. The van der Waals surface area contributed by atoms with E-state index in [-0.39, 0.29) is 5.75 Å². The molecule has 2 aromatic carbocycles. The summed E-state index contributed by atoms with van der Waals surface area (Å²) in [6, 6.07) is 13.2. The highest BCUT2D eigenvalue weighted by molar-refractivity contribution is 5.79. The van der Waals surface area contributed by atoms with Crippen LogP contribution in [0.25, 0.3) is 0 Å². The number of nitrogens with one attached hydrogen (secondary N) is 2. The van der Waals surface area contributed by atoms with Crippen molar-refractivity contribution < 1.29 is 14.6 Å². The summed E-state index contributed by atoms with van der Waals surface area (Å²) in [6.45, 7) is 6.81. The molecule has 0 fully saturated rings. The van der Waals surface area contributed by atoms with Crippen LogP contribution in [-0.4, -0.2) is 37.9 Å². The lowest BCUT2D eigenvalue weighted by Gasteiger charge is -2.13. The molecule has 0 saturated heterocycles. The van der Waals surface area contributed by atoms with E-state index in [0.29, 0.717) is 13.2 Å². The number of rotatable bonds is 10. The Kier molecular flexibility index (Phi) is 8.98. The Bertz CT molecular complexity index is 745. The van der Waals surface area contributed by atoms with E-state index in [2.05, 4.69) is 21.7 Å². The summed E-state index contributed by atoms with van der Waals surface area (Å²) in [4.78, 5) is 4.60. The number of nitrogens with zero attached hydrogens (tertiary/aromatic N) is 1. The van der Waals surface area contributed by atoms with Gasteiger partial charge < -0.3 is 25.2 Å². The Hall–Kier alpha value is -2.89. The van der Waals surface area contributed by atoms with Gasteiger partial charge in [0.05, 0.1) is 20.3 Å². The van der Waals surface area contributed by atoms with Crippen molar-refractivity contribution in [3.63, 3.8) is 0 Å². The highest BCUT2D eigenvalue weighted by Gasteiger charge is 2.05. The average Bonchev–Trinajstić information content (AvgIpc) is 2.71. The number of aromatic hydroxyl groups is 1. The van der Waals surface area contributed by atoms with Crippen LogP contribution < -0.4 is 20.1 Å². The smallest absolute Gasteiger partial charge is 0.191 e. The summed E-state index contributed by atoms with van der Waals surface area (Å²) < 4.78 is 11.0. The highest BCUT2D eigenvalue weighted by Crippen LogP contribution is 2.28. The van der Waals surface area contributed by atoms with E-state index in [1.165, 1.54) is 5.56 Å². The molecule has 0 spiro atoms. The van der Waals surface area contributed by atoms with Crippen LogP contribution in [0, 0.1) is 0 Å². The number of guanidine groups is 1. The number of benzene rings is 2. The van der Waals surface area contributed by atoms with Crippen LogP contribution in [0.4, 0.5) is 0 Å². The van der Waals surface area contributed by atoms with Gasteiger partial charge in [-0.3, -0.25) is 0 Å². The van der Waals surface area contributed by atoms with Crippen LogP contribution in [-0.2, 0) is 13.0 Å². The van der Waals surface area contributed by atoms with Gasteiger partial charge >= 0.3 is 0 Å². The molecule has 0 bridgehead atoms. The molecule has 0 aliphatic carbocycles. The molecule has 0 radical (unpaired) electrons. The second-order valence-electron chi connectivity index (χ2n) is 6.31. The molecule has 0 amide bonds.